The zero-order valence-electron chi connectivity index (χ0n) is 8.25. The quantitative estimate of drug-likeness (QED) is 0.727. The van der Waals surface area contributed by atoms with E-state index in [9.17, 15) is 8.78 Å². The first-order valence-corrected chi connectivity index (χ1v) is 5.20. The molecule has 1 heterocycles. The highest BCUT2D eigenvalue weighted by Crippen LogP contribution is 2.19. The third kappa shape index (κ3) is 2.19. The third-order valence-electron chi connectivity index (χ3n) is 2.19. The maximum atomic E-state index is 13.0. The van der Waals surface area contributed by atoms with Crippen LogP contribution in [0.1, 0.15) is 5.56 Å². The van der Waals surface area contributed by atoms with Crippen molar-refractivity contribution in [2.24, 2.45) is 0 Å². The van der Waals surface area contributed by atoms with Crippen molar-refractivity contribution in [1.82, 2.24) is 4.98 Å². The molecule has 1 nitrogen and oxygen atoms in total. The van der Waals surface area contributed by atoms with Crippen LogP contribution in [0.3, 0.4) is 0 Å². The maximum Gasteiger partial charge on any atom is 0.159 e. The van der Waals surface area contributed by atoms with Crippen LogP contribution in [0.25, 0.3) is 11.3 Å². The molecule has 0 atom stereocenters. The lowest BCUT2D eigenvalue weighted by Gasteiger charge is -2.02. The van der Waals surface area contributed by atoms with Crippen molar-refractivity contribution in [3.8, 4) is 11.3 Å². The normalized spacial score (nSPS) is 10.4. The Morgan fingerprint density at radius 3 is 2.44 bits per heavy atom. The van der Waals surface area contributed by atoms with Crippen molar-refractivity contribution < 1.29 is 8.78 Å². The molecule has 0 spiro atoms. The highest BCUT2D eigenvalue weighted by Gasteiger charge is 2.05. The van der Waals surface area contributed by atoms with Crippen LogP contribution in [0.15, 0.2) is 36.5 Å². The molecular weight excluding hydrogens is 232 g/mol. The predicted octanol–water partition coefficient (Wildman–Crippen LogP) is 3.77. The van der Waals surface area contributed by atoms with E-state index < -0.39 is 11.6 Å². The van der Waals surface area contributed by atoms with E-state index in [0.717, 1.165) is 17.7 Å². The Labute approximate surface area is 96.7 Å². The van der Waals surface area contributed by atoms with Gasteiger partial charge in [0, 0.05) is 17.6 Å². The fraction of sp³-hybridized carbons (Fsp3) is 0.0833. The number of benzene rings is 1. The van der Waals surface area contributed by atoms with E-state index in [-0.39, 0.29) is 0 Å². The molecule has 0 unspecified atom stereocenters. The molecule has 0 aliphatic rings. The second-order valence-electron chi connectivity index (χ2n) is 3.31. The van der Waals surface area contributed by atoms with Crippen LogP contribution in [0.2, 0.25) is 0 Å². The van der Waals surface area contributed by atoms with Gasteiger partial charge in [0.25, 0.3) is 0 Å². The molecule has 0 saturated carbocycles. The fourth-order valence-electron chi connectivity index (χ4n) is 1.33. The van der Waals surface area contributed by atoms with Crippen LogP contribution in [-0.2, 0) is 5.88 Å². The minimum absolute atomic E-state index is 0.380. The molecule has 1 aromatic heterocycles. The van der Waals surface area contributed by atoms with Crippen LogP contribution < -0.4 is 0 Å². The molecule has 1 aromatic carbocycles. The van der Waals surface area contributed by atoms with Gasteiger partial charge in [-0.3, -0.25) is 4.98 Å². The number of hydrogen-bond donors (Lipinski definition) is 0. The molecule has 2 rings (SSSR count). The van der Waals surface area contributed by atoms with Crippen LogP contribution in [-0.4, -0.2) is 4.98 Å². The summed E-state index contributed by atoms with van der Waals surface area (Å²) in [6.07, 6.45) is 1.61. The molecule has 16 heavy (non-hydrogen) atoms. The molecule has 4 heteroatoms. The molecule has 2 aromatic rings. The summed E-state index contributed by atoms with van der Waals surface area (Å²) in [5.74, 6) is -1.35. The lowest BCUT2D eigenvalue weighted by atomic mass is 10.1. The van der Waals surface area contributed by atoms with Crippen molar-refractivity contribution in [1.29, 1.82) is 0 Å². The van der Waals surface area contributed by atoms with Crippen LogP contribution in [0.5, 0.6) is 0 Å². The minimum atomic E-state index is -0.874. The number of aromatic nitrogens is 1. The van der Waals surface area contributed by atoms with Gasteiger partial charge in [0.1, 0.15) is 0 Å². The Hall–Kier alpha value is -1.48. The summed E-state index contributed by atoms with van der Waals surface area (Å²) >= 11 is 5.62. The molecule has 0 radical (unpaired) electrons. The van der Waals surface area contributed by atoms with Gasteiger partial charge >= 0.3 is 0 Å². The first-order chi connectivity index (χ1) is 7.70. The largest absolute Gasteiger partial charge is 0.256 e. The fourth-order valence-corrected chi connectivity index (χ4v) is 1.49. The Bertz CT molecular complexity index is 497. The highest BCUT2D eigenvalue weighted by molar-refractivity contribution is 6.17. The zero-order chi connectivity index (χ0) is 11.5. The first-order valence-electron chi connectivity index (χ1n) is 4.67. The van der Waals surface area contributed by atoms with E-state index >= 15 is 0 Å². The van der Waals surface area contributed by atoms with Gasteiger partial charge in [-0.25, -0.2) is 8.78 Å². The number of hydrogen-bond acceptors (Lipinski definition) is 1. The topological polar surface area (TPSA) is 12.9 Å². The van der Waals surface area contributed by atoms with E-state index in [2.05, 4.69) is 4.98 Å². The molecular formula is C12H8ClF2N. The summed E-state index contributed by atoms with van der Waals surface area (Å²) in [7, 11) is 0. The van der Waals surface area contributed by atoms with Gasteiger partial charge in [-0.15, -0.1) is 11.6 Å². The third-order valence-corrected chi connectivity index (χ3v) is 2.50. The number of nitrogens with zero attached hydrogens (tertiary/aromatic N) is 1. The molecule has 82 valence electrons. The van der Waals surface area contributed by atoms with E-state index in [0.29, 0.717) is 17.1 Å². The first kappa shape index (κ1) is 11.0. The highest BCUT2D eigenvalue weighted by atomic mass is 35.5. The van der Waals surface area contributed by atoms with Crippen molar-refractivity contribution in [2.45, 2.75) is 5.88 Å². The van der Waals surface area contributed by atoms with Gasteiger partial charge in [-0.1, -0.05) is 6.07 Å². The second-order valence-corrected chi connectivity index (χ2v) is 3.58. The number of rotatable bonds is 2. The molecule has 0 saturated heterocycles. The summed E-state index contributed by atoms with van der Waals surface area (Å²) in [6, 6.07) is 7.22. The monoisotopic (exact) mass is 239 g/mol. The molecule has 0 N–H and O–H groups in total. The lowest BCUT2D eigenvalue weighted by molar-refractivity contribution is 0.509. The van der Waals surface area contributed by atoms with Gasteiger partial charge in [-0.05, 0) is 29.8 Å². The maximum absolute atomic E-state index is 13.0. The Morgan fingerprint density at radius 2 is 1.88 bits per heavy atom. The van der Waals surface area contributed by atoms with E-state index in [1.165, 1.54) is 6.07 Å². The SMILES string of the molecule is Fc1ccc(-c2ccc(CCl)cn2)cc1F. The van der Waals surface area contributed by atoms with Crippen molar-refractivity contribution >= 4 is 11.6 Å². The smallest absolute Gasteiger partial charge is 0.159 e. The van der Waals surface area contributed by atoms with Crippen molar-refractivity contribution in [3.05, 3.63) is 53.7 Å². The average molecular weight is 240 g/mol. The Balaban J connectivity index is 2.38. The summed E-state index contributed by atoms with van der Waals surface area (Å²) in [4.78, 5) is 4.12. The number of halogens is 3. The van der Waals surface area contributed by atoms with Gasteiger partial charge in [0.2, 0.25) is 0 Å². The number of pyridine rings is 1. The van der Waals surface area contributed by atoms with Crippen LogP contribution in [0.4, 0.5) is 8.78 Å². The second kappa shape index (κ2) is 4.58. The lowest BCUT2D eigenvalue weighted by Crippen LogP contribution is -1.89. The van der Waals surface area contributed by atoms with Crippen molar-refractivity contribution in [2.75, 3.05) is 0 Å². The zero-order valence-corrected chi connectivity index (χ0v) is 9.01. The standard InChI is InChI=1S/C12H8ClF2N/c13-6-8-1-4-12(16-7-8)9-2-3-10(14)11(15)5-9/h1-5,7H,6H2. The van der Waals surface area contributed by atoms with Gasteiger partial charge in [0.05, 0.1) is 5.69 Å². The average Bonchev–Trinajstić information content (AvgIpc) is 2.33. The Kier molecular flexibility index (Phi) is 3.15. The summed E-state index contributed by atoms with van der Waals surface area (Å²) < 4.78 is 25.7. The van der Waals surface area contributed by atoms with Gasteiger partial charge < -0.3 is 0 Å². The molecule has 0 aliphatic carbocycles. The molecule has 0 bridgehead atoms. The molecule has 0 aliphatic heterocycles. The van der Waals surface area contributed by atoms with Gasteiger partial charge in [0.15, 0.2) is 11.6 Å². The van der Waals surface area contributed by atoms with Crippen LogP contribution >= 0.6 is 11.6 Å². The van der Waals surface area contributed by atoms with Gasteiger partial charge in [-0.2, -0.15) is 0 Å². The van der Waals surface area contributed by atoms with Crippen LogP contribution in [0, 0.1) is 11.6 Å². The Morgan fingerprint density at radius 1 is 1.06 bits per heavy atom. The summed E-state index contributed by atoms with van der Waals surface area (Å²) in [5, 5.41) is 0. The predicted molar refractivity (Wildman–Crippen MR) is 59.1 cm³/mol. The van der Waals surface area contributed by atoms with E-state index in [4.69, 9.17) is 11.6 Å². The molecule has 0 fully saturated rings. The van der Waals surface area contributed by atoms with Crippen molar-refractivity contribution in [3.63, 3.8) is 0 Å². The van der Waals surface area contributed by atoms with E-state index in [1.54, 1.807) is 18.3 Å². The van der Waals surface area contributed by atoms with E-state index in [1.807, 2.05) is 0 Å². The molecule has 0 amide bonds. The number of alkyl halides is 1. The minimum Gasteiger partial charge on any atom is -0.256 e. The summed E-state index contributed by atoms with van der Waals surface area (Å²) in [6.45, 7) is 0. The summed E-state index contributed by atoms with van der Waals surface area (Å²) in [5.41, 5.74) is 2.01.